The monoisotopic (exact) mass is 271 g/mol. The van der Waals surface area contributed by atoms with Gasteiger partial charge in [0.1, 0.15) is 0 Å². The van der Waals surface area contributed by atoms with Crippen molar-refractivity contribution in [3.8, 4) is 0 Å². The van der Waals surface area contributed by atoms with Gasteiger partial charge in [-0.25, -0.2) is 0 Å². The molecule has 108 valence electrons. The van der Waals surface area contributed by atoms with Gasteiger partial charge in [-0.05, 0) is 34.9 Å². The molecule has 2 rings (SSSR count). The van der Waals surface area contributed by atoms with Crippen LogP contribution in [0.25, 0.3) is 10.8 Å². The lowest BCUT2D eigenvalue weighted by Gasteiger charge is -2.30. The van der Waals surface area contributed by atoms with Gasteiger partial charge >= 0.3 is 0 Å². The molecule has 0 spiro atoms. The van der Waals surface area contributed by atoms with Crippen molar-refractivity contribution in [3.05, 3.63) is 48.0 Å². The highest BCUT2D eigenvalue weighted by molar-refractivity contribution is 5.83. The van der Waals surface area contributed by atoms with Crippen LogP contribution in [0.1, 0.15) is 32.4 Å². The van der Waals surface area contributed by atoms with Gasteiger partial charge in [0.25, 0.3) is 0 Å². The molecule has 0 saturated heterocycles. The van der Waals surface area contributed by atoms with E-state index in [0.29, 0.717) is 5.92 Å². The Hall–Kier alpha value is -1.38. The molecule has 2 nitrogen and oxygen atoms in total. The standard InChI is InChI=1S/C18H25NO/c1-5-19-17(18(20-4)13(2)3)16-11-10-14-8-6-7-9-15(14)12-16/h6-13,17-19H,5H2,1-4H3. The van der Waals surface area contributed by atoms with Gasteiger partial charge < -0.3 is 10.1 Å². The summed E-state index contributed by atoms with van der Waals surface area (Å²) in [6, 6.07) is 15.4. The highest BCUT2D eigenvalue weighted by Crippen LogP contribution is 2.27. The Balaban J connectivity index is 2.40. The van der Waals surface area contributed by atoms with E-state index in [-0.39, 0.29) is 12.1 Å². The van der Waals surface area contributed by atoms with Crippen LogP contribution in [0.3, 0.4) is 0 Å². The average molecular weight is 271 g/mol. The minimum Gasteiger partial charge on any atom is -0.379 e. The van der Waals surface area contributed by atoms with E-state index in [9.17, 15) is 0 Å². The molecule has 0 aliphatic rings. The van der Waals surface area contributed by atoms with E-state index in [2.05, 4.69) is 68.6 Å². The molecular formula is C18H25NO. The summed E-state index contributed by atoms with van der Waals surface area (Å²) in [5.41, 5.74) is 1.30. The van der Waals surface area contributed by atoms with E-state index in [1.807, 2.05) is 0 Å². The van der Waals surface area contributed by atoms with Crippen LogP contribution in [0.4, 0.5) is 0 Å². The minimum atomic E-state index is 0.177. The molecule has 0 radical (unpaired) electrons. The smallest absolute Gasteiger partial charge is 0.0788 e. The molecule has 0 saturated carbocycles. The van der Waals surface area contributed by atoms with Crippen molar-refractivity contribution in [2.75, 3.05) is 13.7 Å². The molecule has 0 fully saturated rings. The van der Waals surface area contributed by atoms with Gasteiger partial charge in [-0.3, -0.25) is 0 Å². The zero-order valence-corrected chi connectivity index (χ0v) is 12.9. The molecule has 2 aromatic carbocycles. The van der Waals surface area contributed by atoms with Crippen molar-refractivity contribution in [2.24, 2.45) is 5.92 Å². The molecule has 20 heavy (non-hydrogen) atoms. The first-order chi connectivity index (χ1) is 9.67. The summed E-state index contributed by atoms with van der Waals surface area (Å²) in [7, 11) is 1.80. The number of rotatable bonds is 6. The third kappa shape index (κ3) is 3.20. The predicted octanol–water partition coefficient (Wildman–Crippen LogP) is 4.16. The molecule has 2 aromatic rings. The van der Waals surface area contributed by atoms with Crippen LogP contribution in [-0.2, 0) is 4.74 Å². The summed E-state index contributed by atoms with van der Waals surface area (Å²) < 4.78 is 5.73. The second kappa shape index (κ2) is 6.87. The van der Waals surface area contributed by atoms with Crippen molar-refractivity contribution in [2.45, 2.75) is 32.9 Å². The van der Waals surface area contributed by atoms with Gasteiger partial charge in [0.2, 0.25) is 0 Å². The van der Waals surface area contributed by atoms with Crippen LogP contribution in [0, 0.1) is 5.92 Å². The minimum absolute atomic E-state index is 0.177. The maximum atomic E-state index is 5.73. The molecule has 0 aliphatic heterocycles. The highest BCUT2D eigenvalue weighted by atomic mass is 16.5. The Morgan fingerprint density at radius 3 is 2.35 bits per heavy atom. The normalized spacial score (nSPS) is 14.7. The van der Waals surface area contributed by atoms with E-state index in [1.165, 1.54) is 16.3 Å². The SMILES string of the molecule is CCNC(c1ccc2ccccc2c1)C(OC)C(C)C. The van der Waals surface area contributed by atoms with Crippen LogP contribution in [-0.4, -0.2) is 19.8 Å². The zero-order chi connectivity index (χ0) is 14.5. The number of nitrogens with one attached hydrogen (secondary N) is 1. The summed E-state index contributed by atoms with van der Waals surface area (Å²) in [4.78, 5) is 0. The Morgan fingerprint density at radius 2 is 1.75 bits per heavy atom. The highest BCUT2D eigenvalue weighted by Gasteiger charge is 2.25. The molecular weight excluding hydrogens is 246 g/mol. The molecule has 2 atom stereocenters. The molecule has 0 aromatic heterocycles. The van der Waals surface area contributed by atoms with E-state index >= 15 is 0 Å². The molecule has 0 aliphatic carbocycles. The van der Waals surface area contributed by atoms with Crippen molar-refractivity contribution >= 4 is 10.8 Å². The Kier molecular flexibility index (Phi) is 5.16. The first-order valence-electron chi connectivity index (χ1n) is 7.42. The summed E-state index contributed by atoms with van der Waals surface area (Å²) in [6.07, 6.45) is 0.177. The van der Waals surface area contributed by atoms with Gasteiger partial charge in [0, 0.05) is 7.11 Å². The molecule has 2 unspecified atom stereocenters. The topological polar surface area (TPSA) is 21.3 Å². The van der Waals surface area contributed by atoms with Gasteiger partial charge in [-0.2, -0.15) is 0 Å². The second-order valence-corrected chi connectivity index (χ2v) is 5.59. The van der Waals surface area contributed by atoms with Crippen LogP contribution in [0.15, 0.2) is 42.5 Å². The second-order valence-electron chi connectivity index (χ2n) is 5.59. The van der Waals surface area contributed by atoms with E-state index in [0.717, 1.165) is 6.54 Å². The first-order valence-corrected chi connectivity index (χ1v) is 7.42. The van der Waals surface area contributed by atoms with Gasteiger partial charge in [-0.15, -0.1) is 0 Å². The Bertz CT molecular complexity index is 550. The van der Waals surface area contributed by atoms with Crippen molar-refractivity contribution < 1.29 is 4.74 Å². The van der Waals surface area contributed by atoms with Crippen LogP contribution in [0.5, 0.6) is 0 Å². The Morgan fingerprint density at radius 1 is 1.05 bits per heavy atom. The summed E-state index contributed by atoms with van der Waals surface area (Å²) in [5.74, 6) is 0.468. The number of ether oxygens (including phenoxy) is 1. The lowest BCUT2D eigenvalue weighted by atomic mass is 9.92. The van der Waals surface area contributed by atoms with Gasteiger partial charge in [0.15, 0.2) is 0 Å². The molecule has 0 bridgehead atoms. The van der Waals surface area contributed by atoms with Gasteiger partial charge in [-0.1, -0.05) is 57.2 Å². The first kappa shape index (κ1) is 15.0. The number of fused-ring (bicyclic) bond motifs is 1. The number of hydrogen-bond donors (Lipinski definition) is 1. The van der Waals surface area contributed by atoms with Crippen LogP contribution < -0.4 is 5.32 Å². The summed E-state index contributed by atoms with van der Waals surface area (Å²) in [5, 5.41) is 6.14. The largest absolute Gasteiger partial charge is 0.379 e. The molecule has 0 heterocycles. The van der Waals surface area contributed by atoms with Crippen LogP contribution in [0.2, 0.25) is 0 Å². The van der Waals surface area contributed by atoms with E-state index < -0.39 is 0 Å². The third-order valence-corrected chi connectivity index (χ3v) is 3.81. The van der Waals surface area contributed by atoms with Gasteiger partial charge in [0.05, 0.1) is 12.1 Å². The summed E-state index contributed by atoms with van der Waals surface area (Å²) >= 11 is 0. The average Bonchev–Trinajstić information content (AvgIpc) is 2.46. The lowest BCUT2D eigenvalue weighted by Crippen LogP contribution is -2.36. The maximum Gasteiger partial charge on any atom is 0.0788 e. The van der Waals surface area contributed by atoms with Crippen molar-refractivity contribution in [1.82, 2.24) is 5.32 Å². The number of likely N-dealkylation sites (N-methyl/N-ethyl adjacent to an activating group) is 1. The van der Waals surface area contributed by atoms with Crippen LogP contribution >= 0.6 is 0 Å². The fraction of sp³-hybridized carbons (Fsp3) is 0.444. The molecule has 0 amide bonds. The zero-order valence-electron chi connectivity index (χ0n) is 12.9. The maximum absolute atomic E-state index is 5.73. The quantitative estimate of drug-likeness (QED) is 0.851. The Labute approximate surface area is 122 Å². The third-order valence-electron chi connectivity index (χ3n) is 3.81. The molecule has 1 N–H and O–H groups in total. The number of benzene rings is 2. The fourth-order valence-corrected chi connectivity index (χ4v) is 2.84. The van der Waals surface area contributed by atoms with Crippen molar-refractivity contribution in [1.29, 1.82) is 0 Å². The number of hydrogen-bond acceptors (Lipinski definition) is 2. The van der Waals surface area contributed by atoms with E-state index in [4.69, 9.17) is 4.74 Å². The van der Waals surface area contributed by atoms with E-state index in [1.54, 1.807) is 7.11 Å². The lowest BCUT2D eigenvalue weighted by molar-refractivity contribution is 0.0331. The van der Waals surface area contributed by atoms with Crippen molar-refractivity contribution in [3.63, 3.8) is 0 Å². The summed E-state index contributed by atoms with van der Waals surface area (Å²) in [6.45, 7) is 7.49. The number of methoxy groups -OCH3 is 1. The predicted molar refractivity (Wildman–Crippen MR) is 86.0 cm³/mol. The fourth-order valence-electron chi connectivity index (χ4n) is 2.84. The molecule has 2 heteroatoms.